The van der Waals surface area contributed by atoms with Crippen molar-refractivity contribution < 1.29 is 24.2 Å². The molecule has 0 aliphatic heterocycles. The zero-order valence-electron chi connectivity index (χ0n) is 13.1. The van der Waals surface area contributed by atoms with Crippen molar-refractivity contribution in [2.45, 2.75) is 39.0 Å². The summed E-state index contributed by atoms with van der Waals surface area (Å²) >= 11 is 0. The average Bonchev–Trinajstić information content (AvgIpc) is 2.54. The molecule has 0 heterocycles. The molecule has 1 N–H and O–H groups in total. The first-order valence-electron chi connectivity index (χ1n) is 7.29. The van der Waals surface area contributed by atoms with Crippen LogP contribution in [-0.4, -0.2) is 51.4 Å². The third-order valence-electron chi connectivity index (χ3n) is 2.22. The van der Waals surface area contributed by atoms with E-state index in [4.69, 9.17) is 9.78 Å². The summed E-state index contributed by atoms with van der Waals surface area (Å²) in [7, 11) is 0. The number of nitrogens with one attached hydrogen (secondary N) is 1. The first-order chi connectivity index (χ1) is 10.8. The van der Waals surface area contributed by atoms with Gasteiger partial charge in [-0.1, -0.05) is 12.8 Å². The van der Waals surface area contributed by atoms with Crippen LogP contribution in [0.5, 0.6) is 0 Å². The third-order valence-corrected chi connectivity index (χ3v) is 2.22. The molecule has 0 fully saturated rings. The zero-order chi connectivity index (χ0) is 16.7. The van der Waals surface area contributed by atoms with Crippen molar-refractivity contribution in [1.82, 2.24) is 5.32 Å². The highest BCUT2D eigenvalue weighted by atomic mass is 17.2. The number of nitrogens with zero attached hydrogens (tertiary/aromatic N) is 2. The summed E-state index contributed by atoms with van der Waals surface area (Å²) in [5, 5.41) is 3.09. The molecule has 8 nitrogen and oxygen atoms in total. The van der Waals surface area contributed by atoms with Gasteiger partial charge in [-0.15, -0.1) is 0 Å². The molecule has 0 saturated heterocycles. The summed E-state index contributed by atoms with van der Waals surface area (Å²) in [6.07, 6.45) is 8.17. The molecule has 0 atom stereocenters. The first kappa shape index (κ1) is 22.6. The molecule has 0 unspecified atom stereocenters. The first-order valence-corrected chi connectivity index (χ1v) is 7.29. The Morgan fingerprint density at radius 1 is 1.00 bits per heavy atom. The second-order valence-electron chi connectivity index (χ2n) is 3.98. The Hall–Kier alpha value is -1.69. The highest BCUT2D eigenvalue weighted by molar-refractivity contribution is 5.49. The standard InChI is InChI=1S/C10H20N2O3.C4H5NO2/c1-2-14-15-10-12-8-6-4-3-5-7-11-9-13;6-3-1-2-5-4-7/h12H,2-8,10H2,1H3;3H,1-2H2. The lowest BCUT2D eigenvalue weighted by Gasteiger charge is -2.04. The van der Waals surface area contributed by atoms with E-state index in [1.54, 1.807) is 0 Å². The van der Waals surface area contributed by atoms with Crippen LogP contribution >= 0.6 is 0 Å². The molecule has 0 spiro atoms. The number of carbonyl (C=O) groups is 1. The second kappa shape index (κ2) is 24.3. The molecule has 0 aliphatic carbocycles. The van der Waals surface area contributed by atoms with E-state index in [-0.39, 0.29) is 6.54 Å². The van der Waals surface area contributed by atoms with Gasteiger partial charge in [0.25, 0.3) is 0 Å². The quantitative estimate of drug-likeness (QED) is 0.0985. The largest absolute Gasteiger partial charge is 0.303 e. The van der Waals surface area contributed by atoms with E-state index in [1.807, 2.05) is 6.92 Å². The van der Waals surface area contributed by atoms with Crippen LogP contribution in [0.3, 0.4) is 0 Å². The maximum atomic E-state index is 9.74. The Bertz CT molecular complexity index is 326. The van der Waals surface area contributed by atoms with Gasteiger partial charge >= 0.3 is 0 Å². The predicted molar refractivity (Wildman–Crippen MR) is 80.7 cm³/mol. The van der Waals surface area contributed by atoms with E-state index < -0.39 is 0 Å². The van der Waals surface area contributed by atoms with Crippen molar-refractivity contribution in [3.05, 3.63) is 0 Å². The van der Waals surface area contributed by atoms with Crippen LogP contribution in [0.25, 0.3) is 0 Å². The van der Waals surface area contributed by atoms with E-state index in [2.05, 4.69) is 15.3 Å². The Balaban J connectivity index is 0. The van der Waals surface area contributed by atoms with E-state index in [0.29, 0.717) is 32.6 Å². The van der Waals surface area contributed by atoms with Crippen LogP contribution in [0.2, 0.25) is 0 Å². The fraction of sp³-hybridized carbons (Fsp3) is 0.786. The average molecular weight is 315 g/mol. The summed E-state index contributed by atoms with van der Waals surface area (Å²) in [5.41, 5.74) is 0. The number of aliphatic imine (C=N–C) groups is 2. The number of hydrogen-bond donors (Lipinski definition) is 1. The van der Waals surface area contributed by atoms with Gasteiger partial charge in [-0.2, -0.15) is 0 Å². The van der Waals surface area contributed by atoms with Gasteiger partial charge in [0, 0.05) is 6.42 Å². The minimum atomic E-state index is 0.271. The Morgan fingerprint density at radius 3 is 2.32 bits per heavy atom. The maximum absolute atomic E-state index is 9.74. The second-order valence-corrected chi connectivity index (χ2v) is 3.98. The van der Waals surface area contributed by atoms with Crippen molar-refractivity contribution in [3.63, 3.8) is 0 Å². The summed E-state index contributed by atoms with van der Waals surface area (Å²) < 4.78 is 0. The van der Waals surface area contributed by atoms with Gasteiger partial charge in [-0.25, -0.2) is 29.3 Å². The van der Waals surface area contributed by atoms with E-state index in [9.17, 15) is 14.4 Å². The normalized spacial score (nSPS) is 8.95. The Labute approximate surface area is 130 Å². The van der Waals surface area contributed by atoms with Gasteiger partial charge in [0.1, 0.15) is 13.0 Å². The smallest absolute Gasteiger partial charge is 0.234 e. The van der Waals surface area contributed by atoms with Crippen LogP contribution in [0, 0.1) is 0 Å². The third kappa shape index (κ3) is 26.8. The fourth-order valence-corrected chi connectivity index (χ4v) is 1.24. The van der Waals surface area contributed by atoms with Crippen LogP contribution in [0.4, 0.5) is 0 Å². The summed E-state index contributed by atoms with van der Waals surface area (Å²) in [5.74, 6) is 0. The van der Waals surface area contributed by atoms with Gasteiger partial charge in [0.15, 0.2) is 0 Å². The zero-order valence-corrected chi connectivity index (χ0v) is 13.1. The summed E-state index contributed by atoms with van der Waals surface area (Å²) in [6, 6.07) is 0. The molecule has 0 aromatic carbocycles. The molecule has 22 heavy (non-hydrogen) atoms. The number of rotatable bonds is 14. The molecular weight excluding hydrogens is 290 g/mol. The van der Waals surface area contributed by atoms with Crippen molar-refractivity contribution in [1.29, 1.82) is 0 Å². The van der Waals surface area contributed by atoms with Crippen molar-refractivity contribution in [3.8, 4) is 0 Å². The molecule has 0 aliphatic rings. The molecule has 0 radical (unpaired) electrons. The van der Waals surface area contributed by atoms with Gasteiger partial charge in [-0.3, -0.25) is 5.32 Å². The molecule has 0 rings (SSSR count). The highest BCUT2D eigenvalue weighted by Crippen LogP contribution is 1.98. The number of hydrogen-bond acceptors (Lipinski definition) is 8. The molecule has 0 aromatic heterocycles. The fourth-order valence-electron chi connectivity index (χ4n) is 1.24. The maximum Gasteiger partial charge on any atom is 0.234 e. The Kier molecular flexibility index (Phi) is 25.0. The molecule has 0 saturated carbocycles. The van der Waals surface area contributed by atoms with Gasteiger partial charge < -0.3 is 4.79 Å². The SMILES string of the molecule is CCOOCNCCCCCCN=C=O.O=C=NCCC=O. The number of carbonyl (C=O) groups excluding carboxylic acids is 3. The number of unbranched alkanes of at least 4 members (excludes halogenated alkanes) is 3. The molecule has 8 heteroatoms. The van der Waals surface area contributed by atoms with E-state index in [0.717, 1.165) is 32.2 Å². The highest BCUT2D eigenvalue weighted by Gasteiger charge is 1.90. The van der Waals surface area contributed by atoms with Crippen LogP contribution in [0.15, 0.2) is 9.98 Å². The van der Waals surface area contributed by atoms with Crippen molar-refractivity contribution >= 4 is 18.4 Å². The summed E-state index contributed by atoms with van der Waals surface area (Å²) in [6.45, 7) is 4.67. The van der Waals surface area contributed by atoms with Crippen LogP contribution in [-0.2, 0) is 24.2 Å². The lowest BCUT2D eigenvalue weighted by atomic mass is 10.2. The van der Waals surface area contributed by atoms with Crippen molar-refractivity contribution in [2.24, 2.45) is 9.98 Å². The monoisotopic (exact) mass is 315 g/mol. The molecule has 0 amide bonds. The Morgan fingerprint density at radius 2 is 1.68 bits per heavy atom. The van der Waals surface area contributed by atoms with Gasteiger partial charge in [0.2, 0.25) is 12.2 Å². The van der Waals surface area contributed by atoms with Crippen LogP contribution in [0.1, 0.15) is 39.0 Å². The predicted octanol–water partition coefficient (Wildman–Crippen LogP) is 1.31. The van der Waals surface area contributed by atoms with Gasteiger partial charge in [-0.05, 0) is 26.3 Å². The van der Waals surface area contributed by atoms with E-state index in [1.165, 1.54) is 12.2 Å². The van der Waals surface area contributed by atoms with Crippen LogP contribution < -0.4 is 5.32 Å². The van der Waals surface area contributed by atoms with Gasteiger partial charge in [0.05, 0.1) is 19.7 Å². The topological polar surface area (TPSA) is 106 Å². The van der Waals surface area contributed by atoms with E-state index >= 15 is 0 Å². The van der Waals surface area contributed by atoms with Crippen molar-refractivity contribution in [2.75, 3.05) is 33.0 Å². The molecule has 126 valence electrons. The molecule has 0 bridgehead atoms. The molecule has 0 aromatic rings. The number of aldehydes is 1. The summed E-state index contributed by atoms with van der Waals surface area (Å²) in [4.78, 5) is 44.6. The minimum Gasteiger partial charge on any atom is -0.303 e. The lowest BCUT2D eigenvalue weighted by Crippen LogP contribution is -2.19. The molecular formula is C14H25N3O5. The lowest BCUT2D eigenvalue weighted by molar-refractivity contribution is -0.295. The number of isocyanates is 2. The minimum absolute atomic E-state index is 0.271.